The number of hydrogen-bond acceptors (Lipinski definition) is 2. The van der Waals surface area contributed by atoms with E-state index in [1.807, 2.05) is 49.2 Å². The minimum Gasteiger partial charge on any atom is -0.342 e. The third-order valence-corrected chi connectivity index (χ3v) is 3.35. The van der Waals surface area contributed by atoms with Gasteiger partial charge in [-0.15, -0.1) is 0 Å². The zero-order valence-electron chi connectivity index (χ0n) is 11.3. The number of hydrogen-bond donors (Lipinski definition) is 1. The van der Waals surface area contributed by atoms with E-state index in [1.54, 1.807) is 12.1 Å². The predicted octanol–water partition coefficient (Wildman–Crippen LogP) is 4.00. The molecular formula is C16H19FN2. The van der Waals surface area contributed by atoms with E-state index in [4.69, 9.17) is 5.73 Å². The second kappa shape index (κ2) is 5.85. The molecule has 0 amide bonds. The van der Waals surface area contributed by atoms with Gasteiger partial charge in [0.1, 0.15) is 5.82 Å². The Hall–Kier alpha value is -1.87. The van der Waals surface area contributed by atoms with Crippen molar-refractivity contribution in [2.45, 2.75) is 19.4 Å². The summed E-state index contributed by atoms with van der Waals surface area (Å²) in [6, 6.07) is 14.6. The molecule has 100 valence electrons. The summed E-state index contributed by atoms with van der Waals surface area (Å²) < 4.78 is 13.9. The summed E-state index contributed by atoms with van der Waals surface area (Å²) in [6.45, 7) is 2.05. The molecule has 0 bridgehead atoms. The molecule has 2 aromatic carbocycles. The third-order valence-electron chi connectivity index (χ3n) is 3.35. The first-order valence-corrected chi connectivity index (χ1v) is 6.48. The van der Waals surface area contributed by atoms with Crippen LogP contribution in [0.15, 0.2) is 48.5 Å². The highest BCUT2D eigenvalue weighted by molar-refractivity contribution is 5.66. The summed E-state index contributed by atoms with van der Waals surface area (Å²) in [5, 5.41) is 0. The van der Waals surface area contributed by atoms with Crippen LogP contribution in [0.5, 0.6) is 0 Å². The van der Waals surface area contributed by atoms with Crippen molar-refractivity contribution in [3.05, 3.63) is 59.9 Å². The van der Waals surface area contributed by atoms with E-state index in [2.05, 4.69) is 0 Å². The predicted molar refractivity (Wildman–Crippen MR) is 78.1 cm³/mol. The van der Waals surface area contributed by atoms with E-state index in [9.17, 15) is 4.39 Å². The summed E-state index contributed by atoms with van der Waals surface area (Å²) in [5.41, 5.74) is 8.67. The fraction of sp³-hybridized carbons (Fsp3) is 0.250. The van der Waals surface area contributed by atoms with Crippen molar-refractivity contribution in [1.29, 1.82) is 0 Å². The van der Waals surface area contributed by atoms with Crippen LogP contribution in [0.4, 0.5) is 15.8 Å². The second-order valence-corrected chi connectivity index (χ2v) is 4.58. The molecule has 2 nitrogen and oxygen atoms in total. The van der Waals surface area contributed by atoms with Gasteiger partial charge in [-0.05, 0) is 30.2 Å². The first kappa shape index (κ1) is 13.6. The molecule has 0 aliphatic heterocycles. The normalized spacial score (nSPS) is 12.2. The largest absolute Gasteiger partial charge is 0.342 e. The number of rotatable bonds is 4. The SMILES string of the molecule is CC[C@@H](N)c1ccccc1N(C)c1ccccc1F. The number of para-hydroxylation sites is 2. The molecule has 0 saturated carbocycles. The van der Waals surface area contributed by atoms with Gasteiger partial charge in [-0.25, -0.2) is 4.39 Å². The van der Waals surface area contributed by atoms with E-state index in [-0.39, 0.29) is 11.9 Å². The number of nitrogens with two attached hydrogens (primary N) is 1. The van der Waals surface area contributed by atoms with Crippen LogP contribution in [0.2, 0.25) is 0 Å². The van der Waals surface area contributed by atoms with Crippen molar-refractivity contribution in [2.75, 3.05) is 11.9 Å². The van der Waals surface area contributed by atoms with Crippen molar-refractivity contribution in [3.8, 4) is 0 Å². The Labute approximate surface area is 113 Å². The summed E-state index contributed by atoms with van der Waals surface area (Å²) in [5.74, 6) is -0.232. The summed E-state index contributed by atoms with van der Waals surface area (Å²) in [7, 11) is 1.86. The van der Waals surface area contributed by atoms with Crippen molar-refractivity contribution >= 4 is 11.4 Å². The molecule has 0 saturated heterocycles. The molecule has 2 N–H and O–H groups in total. The van der Waals surface area contributed by atoms with Crippen LogP contribution < -0.4 is 10.6 Å². The molecule has 0 aromatic heterocycles. The Morgan fingerprint density at radius 1 is 1.05 bits per heavy atom. The van der Waals surface area contributed by atoms with Crippen LogP contribution in [0.25, 0.3) is 0 Å². The summed E-state index contributed by atoms with van der Waals surface area (Å²) in [4.78, 5) is 1.85. The van der Waals surface area contributed by atoms with Gasteiger partial charge in [-0.3, -0.25) is 0 Å². The average molecular weight is 258 g/mol. The lowest BCUT2D eigenvalue weighted by Crippen LogP contribution is -2.17. The first-order chi connectivity index (χ1) is 9.15. The van der Waals surface area contributed by atoms with E-state index in [1.165, 1.54) is 6.07 Å². The third kappa shape index (κ3) is 2.76. The Balaban J connectivity index is 2.45. The molecular weight excluding hydrogens is 239 g/mol. The second-order valence-electron chi connectivity index (χ2n) is 4.58. The molecule has 19 heavy (non-hydrogen) atoms. The molecule has 1 atom stereocenters. The summed E-state index contributed by atoms with van der Waals surface area (Å²) >= 11 is 0. The lowest BCUT2D eigenvalue weighted by molar-refractivity contribution is 0.627. The fourth-order valence-corrected chi connectivity index (χ4v) is 2.18. The number of halogens is 1. The Kier molecular flexibility index (Phi) is 4.17. The molecule has 0 radical (unpaired) electrons. The van der Waals surface area contributed by atoms with Gasteiger partial charge in [-0.1, -0.05) is 37.3 Å². The lowest BCUT2D eigenvalue weighted by atomic mass is 10.0. The van der Waals surface area contributed by atoms with Crippen LogP contribution in [0.3, 0.4) is 0 Å². The number of anilines is 2. The molecule has 0 spiro atoms. The minimum absolute atomic E-state index is 0.0366. The molecule has 0 unspecified atom stereocenters. The number of benzene rings is 2. The van der Waals surface area contributed by atoms with Crippen LogP contribution >= 0.6 is 0 Å². The van der Waals surface area contributed by atoms with Gasteiger partial charge in [0.05, 0.1) is 5.69 Å². The Morgan fingerprint density at radius 3 is 2.26 bits per heavy atom. The molecule has 0 heterocycles. The zero-order valence-corrected chi connectivity index (χ0v) is 11.3. The fourth-order valence-electron chi connectivity index (χ4n) is 2.18. The molecule has 3 heteroatoms. The van der Waals surface area contributed by atoms with Crippen LogP contribution in [-0.2, 0) is 0 Å². The Morgan fingerprint density at radius 2 is 1.63 bits per heavy atom. The van der Waals surface area contributed by atoms with E-state index < -0.39 is 0 Å². The van der Waals surface area contributed by atoms with Gasteiger partial charge in [0.25, 0.3) is 0 Å². The van der Waals surface area contributed by atoms with E-state index in [0.717, 1.165) is 17.7 Å². The van der Waals surface area contributed by atoms with Crippen LogP contribution in [0.1, 0.15) is 24.9 Å². The van der Waals surface area contributed by atoms with E-state index >= 15 is 0 Å². The lowest BCUT2D eigenvalue weighted by Gasteiger charge is -2.25. The van der Waals surface area contributed by atoms with Crippen molar-refractivity contribution < 1.29 is 4.39 Å². The van der Waals surface area contributed by atoms with Crippen molar-refractivity contribution in [3.63, 3.8) is 0 Å². The summed E-state index contributed by atoms with van der Waals surface area (Å²) in [6.07, 6.45) is 0.849. The highest BCUT2D eigenvalue weighted by atomic mass is 19.1. The highest BCUT2D eigenvalue weighted by Gasteiger charge is 2.15. The maximum atomic E-state index is 13.9. The molecule has 0 aliphatic rings. The maximum Gasteiger partial charge on any atom is 0.146 e. The topological polar surface area (TPSA) is 29.3 Å². The highest BCUT2D eigenvalue weighted by Crippen LogP contribution is 2.32. The van der Waals surface area contributed by atoms with Gasteiger partial charge in [0.2, 0.25) is 0 Å². The van der Waals surface area contributed by atoms with E-state index in [0.29, 0.717) is 5.69 Å². The van der Waals surface area contributed by atoms with Crippen LogP contribution in [0, 0.1) is 5.82 Å². The van der Waals surface area contributed by atoms with Gasteiger partial charge in [-0.2, -0.15) is 0 Å². The molecule has 0 aliphatic carbocycles. The Bertz CT molecular complexity index is 554. The first-order valence-electron chi connectivity index (χ1n) is 6.48. The van der Waals surface area contributed by atoms with Crippen molar-refractivity contribution in [1.82, 2.24) is 0 Å². The quantitative estimate of drug-likeness (QED) is 0.898. The van der Waals surface area contributed by atoms with Gasteiger partial charge >= 0.3 is 0 Å². The number of nitrogens with zero attached hydrogens (tertiary/aromatic N) is 1. The van der Waals surface area contributed by atoms with Gasteiger partial charge in [0.15, 0.2) is 0 Å². The standard InChI is InChI=1S/C16H19FN2/c1-3-14(18)12-8-4-6-10-15(12)19(2)16-11-7-5-9-13(16)17/h4-11,14H,3,18H2,1-2H3/t14-/m1/s1. The van der Waals surface area contributed by atoms with Crippen molar-refractivity contribution in [2.24, 2.45) is 5.73 Å². The van der Waals surface area contributed by atoms with Gasteiger partial charge in [0, 0.05) is 18.8 Å². The van der Waals surface area contributed by atoms with Crippen LogP contribution in [-0.4, -0.2) is 7.05 Å². The molecule has 2 rings (SSSR count). The monoisotopic (exact) mass is 258 g/mol. The molecule has 0 fully saturated rings. The maximum absolute atomic E-state index is 13.9. The molecule has 2 aromatic rings. The smallest absolute Gasteiger partial charge is 0.146 e. The minimum atomic E-state index is -0.232. The van der Waals surface area contributed by atoms with Gasteiger partial charge < -0.3 is 10.6 Å². The zero-order chi connectivity index (χ0) is 13.8. The average Bonchev–Trinajstić information content (AvgIpc) is 2.46.